The van der Waals surface area contributed by atoms with E-state index in [1.54, 1.807) is 0 Å². The quantitative estimate of drug-likeness (QED) is 0.609. The van der Waals surface area contributed by atoms with Crippen molar-refractivity contribution in [1.82, 2.24) is 0 Å². The van der Waals surface area contributed by atoms with Gasteiger partial charge in [-0.1, -0.05) is 67.6 Å². The summed E-state index contributed by atoms with van der Waals surface area (Å²) < 4.78 is 26.6. The molecule has 1 N–H and O–H groups in total. The van der Waals surface area contributed by atoms with Crippen molar-refractivity contribution in [2.75, 3.05) is 10.5 Å². The van der Waals surface area contributed by atoms with E-state index in [0.29, 0.717) is 12.1 Å². The molecule has 29 heavy (non-hydrogen) atoms. The number of hydrogen-bond donors (Lipinski definition) is 1. The zero-order chi connectivity index (χ0) is 20.3. The summed E-state index contributed by atoms with van der Waals surface area (Å²) >= 11 is 0. The molecule has 0 aromatic heterocycles. The van der Waals surface area contributed by atoms with Crippen LogP contribution in [-0.2, 0) is 22.9 Å². The molecular weight excluding hydrogens is 378 g/mol. The van der Waals surface area contributed by atoms with Crippen LogP contribution in [0.25, 0.3) is 11.6 Å². The Balaban J connectivity index is 1.73. The minimum absolute atomic E-state index is 0.131. The first-order valence-corrected chi connectivity index (χ1v) is 11.7. The molecule has 0 unspecified atom stereocenters. The molecule has 3 aromatic rings. The van der Waals surface area contributed by atoms with Gasteiger partial charge in [0.25, 0.3) is 0 Å². The Hall–Kier alpha value is -2.85. The van der Waals surface area contributed by atoms with Crippen LogP contribution in [0.5, 0.6) is 0 Å². The Morgan fingerprint density at radius 3 is 1.93 bits per heavy atom. The van der Waals surface area contributed by atoms with Gasteiger partial charge in [-0.25, -0.2) is 8.42 Å². The van der Waals surface area contributed by atoms with Gasteiger partial charge in [-0.05, 0) is 70.9 Å². The van der Waals surface area contributed by atoms with E-state index in [1.165, 1.54) is 27.8 Å². The largest absolute Gasteiger partial charge is 0.284 e. The molecule has 0 saturated heterocycles. The van der Waals surface area contributed by atoms with Gasteiger partial charge in [0.1, 0.15) is 0 Å². The minimum Gasteiger partial charge on any atom is -0.284 e. The molecule has 0 heterocycles. The molecular formula is C25H25NO2S. The minimum atomic E-state index is -3.27. The molecule has 1 aliphatic carbocycles. The van der Waals surface area contributed by atoms with Crippen LogP contribution in [0, 0.1) is 0 Å². The van der Waals surface area contributed by atoms with Crippen LogP contribution in [0.2, 0.25) is 0 Å². The maximum Gasteiger partial charge on any atom is 0.232 e. The SMILES string of the molecule is CCCS(=O)(=O)Nc1ccc(C=C2c3ccccc3CCc3ccccc32)cc1. The Kier molecular flexibility index (Phi) is 5.54. The molecule has 3 aromatic carbocycles. The van der Waals surface area contributed by atoms with Crippen molar-refractivity contribution >= 4 is 27.4 Å². The van der Waals surface area contributed by atoms with Crippen LogP contribution in [0.4, 0.5) is 5.69 Å². The normalized spacial score (nSPS) is 13.2. The maximum absolute atomic E-state index is 12.0. The molecule has 0 amide bonds. The molecule has 0 aliphatic heterocycles. The van der Waals surface area contributed by atoms with E-state index in [-0.39, 0.29) is 5.75 Å². The lowest BCUT2D eigenvalue weighted by molar-refractivity contribution is 0.600. The molecule has 1 aliphatic rings. The second-order valence-corrected chi connectivity index (χ2v) is 9.26. The predicted octanol–water partition coefficient (Wildman–Crippen LogP) is 5.53. The van der Waals surface area contributed by atoms with E-state index in [9.17, 15) is 8.42 Å². The number of anilines is 1. The van der Waals surface area contributed by atoms with Gasteiger partial charge in [-0.2, -0.15) is 0 Å². The summed E-state index contributed by atoms with van der Waals surface area (Å²) in [6.45, 7) is 1.86. The van der Waals surface area contributed by atoms with Gasteiger partial charge in [0.05, 0.1) is 5.75 Å². The van der Waals surface area contributed by atoms with Crippen molar-refractivity contribution in [2.45, 2.75) is 26.2 Å². The lowest BCUT2D eigenvalue weighted by Gasteiger charge is -2.12. The fraction of sp³-hybridized carbons (Fsp3) is 0.200. The van der Waals surface area contributed by atoms with Gasteiger partial charge >= 0.3 is 0 Å². The second kappa shape index (κ2) is 8.26. The van der Waals surface area contributed by atoms with Crippen LogP contribution in [-0.4, -0.2) is 14.2 Å². The number of rotatable bonds is 5. The Morgan fingerprint density at radius 1 is 0.828 bits per heavy atom. The van der Waals surface area contributed by atoms with Crippen molar-refractivity contribution in [2.24, 2.45) is 0 Å². The standard InChI is InChI=1S/C25H25NO2S/c1-2-17-29(27,28)26-22-15-11-19(12-16-22)18-25-23-9-5-3-7-20(23)13-14-21-8-4-6-10-24(21)25/h3-12,15-16,18,26H,2,13-14,17H2,1H3. The second-order valence-electron chi connectivity index (χ2n) is 7.42. The lowest BCUT2D eigenvalue weighted by Crippen LogP contribution is -2.15. The summed E-state index contributed by atoms with van der Waals surface area (Å²) in [5.74, 6) is 0.131. The average molecular weight is 404 g/mol. The third kappa shape index (κ3) is 4.43. The van der Waals surface area contributed by atoms with Crippen molar-refractivity contribution < 1.29 is 8.42 Å². The zero-order valence-corrected chi connectivity index (χ0v) is 17.4. The van der Waals surface area contributed by atoms with Crippen LogP contribution < -0.4 is 4.72 Å². The summed E-state index contributed by atoms with van der Waals surface area (Å²) in [6.07, 6.45) is 4.86. The van der Waals surface area contributed by atoms with Crippen LogP contribution >= 0.6 is 0 Å². The monoisotopic (exact) mass is 403 g/mol. The van der Waals surface area contributed by atoms with Gasteiger partial charge in [0, 0.05) is 5.69 Å². The van der Waals surface area contributed by atoms with E-state index >= 15 is 0 Å². The zero-order valence-electron chi connectivity index (χ0n) is 16.6. The summed E-state index contributed by atoms with van der Waals surface area (Å²) in [7, 11) is -3.27. The van der Waals surface area contributed by atoms with Crippen LogP contribution in [0.1, 0.15) is 41.2 Å². The van der Waals surface area contributed by atoms with Crippen molar-refractivity contribution in [3.63, 3.8) is 0 Å². The van der Waals surface area contributed by atoms with E-state index < -0.39 is 10.0 Å². The molecule has 0 fully saturated rings. The van der Waals surface area contributed by atoms with Gasteiger partial charge in [0.15, 0.2) is 0 Å². The lowest BCUT2D eigenvalue weighted by atomic mass is 9.92. The van der Waals surface area contributed by atoms with Crippen molar-refractivity contribution in [3.8, 4) is 0 Å². The number of sulfonamides is 1. The highest BCUT2D eigenvalue weighted by Crippen LogP contribution is 2.34. The van der Waals surface area contributed by atoms with Gasteiger partial charge in [-0.15, -0.1) is 0 Å². The summed E-state index contributed by atoms with van der Waals surface area (Å²) in [5.41, 5.74) is 8.12. The van der Waals surface area contributed by atoms with Gasteiger partial charge in [-0.3, -0.25) is 4.72 Å². The molecule has 4 rings (SSSR count). The fourth-order valence-electron chi connectivity index (χ4n) is 3.89. The fourth-order valence-corrected chi connectivity index (χ4v) is 5.02. The third-order valence-corrected chi connectivity index (χ3v) is 6.74. The Morgan fingerprint density at radius 2 is 1.38 bits per heavy atom. The number of aryl methyl sites for hydroxylation is 2. The highest BCUT2D eigenvalue weighted by atomic mass is 32.2. The summed E-state index contributed by atoms with van der Waals surface area (Å²) in [5, 5.41) is 0. The molecule has 0 radical (unpaired) electrons. The number of fused-ring (bicyclic) bond motifs is 2. The number of nitrogens with one attached hydrogen (secondary N) is 1. The van der Waals surface area contributed by atoms with E-state index in [0.717, 1.165) is 18.4 Å². The molecule has 148 valence electrons. The van der Waals surface area contributed by atoms with E-state index in [1.807, 2.05) is 31.2 Å². The first kappa shape index (κ1) is 19.5. The first-order valence-electron chi connectivity index (χ1n) is 10.0. The maximum atomic E-state index is 12.0. The van der Waals surface area contributed by atoms with Gasteiger partial charge in [0.2, 0.25) is 10.0 Å². The smallest absolute Gasteiger partial charge is 0.232 e. The summed E-state index contributed by atoms with van der Waals surface area (Å²) in [4.78, 5) is 0. The molecule has 0 bridgehead atoms. The average Bonchev–Trinajstić information content (AvgIpc) is 2.87. The van der Waals surface area contributed by atoms with Crippen molar-refractivity contribution in [1.29, 1.82) is 0 Å². The third-order valence-electron chi connectivity index (χ3n) is 5.25. The van der Waals surface area contributed by atoms with Gasteiger partial charge < -0.3 is 0 Å². The highest BCUT2D eigenvalue weighted by Gasteiger charge is 2.17. The number of benzene rings is 3. The Labute approximate surface area is 173 Å². The van der Waals surface area contributed by atoms with E-state index in [4.69, 9.17) is 0 Å². The summed E-state index contributed by atoms with van der Waals surface area (Å²) in [6, 6.07) is 24.8. The van der Waals surface area contributed by atoms with Crippen molar-refractivity contribution in [3.05, 3.63) is 101 Å². The molecule has 0 saturated carbocycles. The molecule has 4 heteroatoms. The predicted molar refractivity (Wildman–Crippen MR) is 121 cm³/mol. The molecule has 0 atom stereocenters. The van der Waals surface area contributed by atoms with Crippen LogP contribution in [0.15, 0.2) is 72.8 Å². The number of hydrogen-bond acceptors (Lipinski definition) is 2. The first-order chi connectivity index (χ1) is 14.1. The highest BCUT2D eigenvalue weighted by molar-refractivity contribution is 7.92. The van der Waals surface area contributed by atoms with E-state index in [2.05, 4.69) is 59.3 Å². The topological polar surface area (TPSA) is 46.2 Å². The molecule has 0 spiro atoms. The molecule has 3 nitrogen and oxygen atoms in total. The van der Waals surface area contributed by atoms with Crippen LogP contribution in [0.3, 0.4) is 0 Å². The Bertz CT molecular complexity index is 1100.